The van der Waals surface area contributed by atoms with Crippen LogP contribution in [0.1, 0.15) is 55.6 Å². The Morgan fingerprint density at radius 3 is 2.69 bits per heavy atom. The van der Waals surface area contributed by atoms with Gasteiger partial charge in [0, 0.05) is 23.6 Å². The number of aromatic nitrogens is 1. The van der Waals surface area contributed by atoms with Gasteiger partial charge < -0.3 is 14.8 Å². The Morgan fingerprint density at radius 2 is 1.97 bits per heavy atom. The largest absolute Gasteiger partial charge is 0.348 e. The zero-order valence-corrected chi connectivity index (χ0v) is 21.0. The average Bonchev–Trinajstić information content (AvgIpc) is 3.39. The van der Waals surface area contributed by atoms with E-state index < -0.39 is 0 Å². The van der Waals surface area contributed by atoms with Gasteiger partial charge in [-0.3, -0.25) is 9.59 Å². The number of hydrogen-bond donors (Lipinski definition) is 1. The van der Waals surface area contributed by atoms with Gasteiger partial charge in [-0.2, -0.15) is 0 Å². The second-order valence-corrected chi connectivity index (χ2v) is 10.2. The number of alkyl halides is 1. The van der Waals surface area contributed by atoms with E-state index in [0.717, 1.165) is 58.4 Å². The molecule has 0 unspecified atom stereocenters. The van der Waals surface area contributed by atoms with Crippen molar-refractivity contribution in [3.05, 3.63) is 53.0 Å². The van der Waals surface area contributed by atoms with E-state index in [4.69, 9.17) is 0 Å². The molecule has 1 fully saturated rings. The SMILES string of the molecule is CCN(C(=O)Cn1c(C(=O)NC2CCC(C)CC2)cc2sccc21)c1cccc(CBr)c1. The lowest BCUT2D eigenvalue weighted by atomic mass is 9.87. The van der Waals surface area contributed by atoms with Crippen molar-refractivity contribution >= 4 is 55.0 Å². The number of hydrogen-bond acceptors (Lipinski definition) is 3. The number of nitrogens with zero attached hydrogens (tertiary/aromatic N) is 2. The molecular formula is C25H30BrN3O2S. The Balaban J connectivity index is 1.57. The summed E-state index contributed by atoms with van der Waals surface area (Å²) in [7, 11) is 0. The highest BCUT2D eigenvalue weighted by Crippen LogP contribution is 2.28. The summed E-state index contributed by atoms with van der Waals surface area (Å²) in [6, 6.07) is 12.1. The van der Waals surface area contributed by atoms with Crippen LogP contribution in [0.25, 0.3) is 10.2 Å². The fraction of sp³-hybridized carbons (Fsp3) is 0.440. The van der Waals surface area contributed by atoms with Crippen LogP contribution in [-0.4, -0.2) is 29.0 Å². The molecule has 0 spiro atoms. The number of likely N-dealkylation sites (N-methyl/N-ethyl adjacent to an activating group) is 1. The molecule has 1 aromatic carbocycles. The van der Waals surface area contributed by atoms with E-state index in [-0.39, 0.29) is 24.4 Å². The lowest BCUT2D eigenvalue weighted by molar-refractivity contribution is -0.119. The highest BCUT2D eigenvalue weighted by Gasteiger charge is 2.25. The van der Waals surface area contributed by atoms with Crippen molar-refractivity contribution < 1.29 is 9.59 Å². The molecule has 2 amide bonds. The molecule has 5 nitrogen and oxygen atoms in total. The van der Waals surface area contributed by atoms with Gasteiger partial charge in [0.1, 0.15) is 12.2 Å². The normalized spacial score (nSPS) is 18.6. The first-order valence-electron chi connectivity index (χ1n) is 11.3. The number of carbonyl (C=O) groups excluding carboxylic acids is 2. The summed E-state index contributed by atoms with van der Waals surface area (Å²) < 4.78 is 2.91. The number of thiophene rings is 1. The summed E-state index contributed by atoms with van der Waals surface area (Å²) >= 11 is 5.09. The third kappa shape index (κ3) is 4.94. The molecule has 0 radical (unpaired) electrons. The molecule has 0 saturated heterocycles. The van der Waals surface area contributed by atoms with Crippen molar-refractivity contribution in [3.63, 3.8) is 0 Å². The van der Waals surface area contributed by atoms with Gasteiger partial charge >= 0.3 is 0 Å². The van der Waals surface area contributed by atoms with Crippen LogP contribution in [0.4, 0.5) is 5.69 Å². The topological polar surface area (TPSA) is 54.3 Å². The number of anilines is 1. The zero-order valence-electron chi connectivity index (χ0n) is 18.6. The summed E-state index contributed by atoms with van der Waals surface area (Å²) in [5.41, 5.74) is 3.52. The molecule has 1 aliphatic carbocycles. The van der Waals surface area contributed by atoms with Gasteiger partial charge in [0.05, 0.1) is 10.2 Å². The smallest absolute Gasteiger partial charge is 0.268 e. The summed E-state index contributed by atoms with van der Waals surface area (Å²) in [4.78, 5) is 28.4. The van der Waals surface area contributed by atoms with Crippen molar-refractivity contribution in [3.8, 4) is 0 Å². The Bertz CT molecular complexity index is 1100. The quantitative estimate of drug-likeness (QED) is 0.394. The Morgan fingerprint density at radius 1 is 1.19 bits per heavy atom. The molecule has 0 atom stereocenters. The maximum absolute atomic E-state index is 13.4. The summed E-state index contributed by atoms with van der Waals surface area (Å²) in [5, 5.41) is 5.97. The lowest BCUT2D eigenvalue weighted by Gasteiger charge is -2.27. The Labute approximate surface area is 201 Å². The van der Waals surface area contributed by atoms with E-state index in [1.807, 2.05) is 53.3 Å². The number of benzene rings is 1. The van der Waals surface area contributed by atoms with Gasteiger partial charge in [0.2, 0.25) is 5.91 Å². The van der Waals surface area contributed by atoms with Crippen LogP contribution < -0.4 is 10.2 Å². The average molecular weight is 517 g/mol. The van der Waals surface area contributed by atoms with E-state index >= 15 is 0 Å². The Hall–Kier alpha value is -2.12. The molecule has 0 bridgehead atoms. The monoisotopic (exact) mass is 515 g/mol. The molecule has 2 heterocycles. The third-order valence-corrected chi connectivity index (χ3v) is 7.89. The maximum Gasteiger partial charge on any atom is 0.268 e. The molecule has 2 aromatic heterocycles. The van der Waals surface area contributed by atoms with Crippen molar-refractivity contribution in [2.75, 3.05) is 11.4 Å². The second-order valence-electron chi connectivity index (χ2n) is 8.66. The number of nitrogens with one attached hydrogen (secondary N) is 1. The van der Waals surface area contributed by atoms with Crippen molar-refractivity contribution in [2.24, 2.45) is 5.92 Å². The third-order valence-electron chi connectivity index (χ3n) is 6.39. The minimum atomic E-state index is -0.0786. The highest BCUT2D eigenvalue weighted by molar-refractivity contribution is 9.08. The molecule has 1 aliphatic rings. The van der Waals surface area contributed by atoms with Gasteiger partial charge in [-0.15, -0.1) is 11.3 Å². The first-order valence-corrected chi connectivity index (χ1v) is 13.3. The van der Waals surface area contributed by atoms with E-state index in [1.54, 1.807) is 16.2 Å². The van der Waals surface area contributed by atoms with Crippen LogP contribution in [0.3, 0.4) is 0 Å². The number of fused-ring (bicyclic) bond motifs is 1. The fourth-order valence-electron chi connectivity index (χ4n) is 4.53. The minimum Gasteiger partial charge on any atom is -0.348 e. The van der Waals surface area contributed by atoms with E-state index in [0.29, 0.717) is 12.2 Å². The van der Waals surface area contributed by atoms with E-state index in [1.165, 1.54) is 0 Å². The molecule has 170 valence electrons. The number of halogens is 1. The lowest BCUT2D eigenvalue weighted by Crippen LogP contribution is -2.39. The number of carbonyl (C=O) groups is 2. The van der Waals surface area contributed by atoms with Crippen molar-refractivity contribution in [1.82, 2.24) is 9.88 Å². The number of amides is 2. The highest BCUT2D eigenvalue weighted by atomic mass is 79.9. The summed E-state index contributed by atoms with van der Waals surface area (Å²) in [6.07, 6.45) is 4.35. The second kappa shape index (κ2) is 10.2. The van der Waals surface area contributed by atoms with Crippen LogP contribution in [-0.2, 0) is 16.7 Å². The molecule has 1 saturated carbocycles. The molecule has 3 aromatic rings. The van der Waals surface area contributed by atoms with Crippen LogP contribution in [0, 0.1) is 5.92 Å². The number of rotatable bonds is 7. The van der Waals surface area contributed by atoms with Crippen molar-refractivity contribution in [1.29, 1.82) is 0 Å². The molecule has 4 rings (SSSR count). The van der Waals surface area contributed by atoms with Crippen LogP contribution in [0.5, 0.6) is 0 Å². The maximum atomic E-state index is 13.4. The van der Waals surface area contributed by atoms with Crippen LogP contribution in [0.2, 0.25) is 0 Å². The van der Waals surface area contributed by atoms with Gasteiger partial charge in [0.15, 0.2) is 0 Å². The Kier molecular flexibility index (Phi) is 7.36. The molecule has 7 heteroatoms. The van der Waals surface area contributed by atoms with Gasteiger partial charge in [-0.1, -0.05) is 35.0 Å². The van der Waals surface area contributed by atoms with Gasteiger partial charge in [-0.25, -0.2) is 0 Å². The zero-order chi connectivity index (χ0) is 22.7. The molecule has 32 heavy (non-hydrogen) atoms. The molecule has 0 aliphatic heterocycles. The van der Waals surface area contributed by atoms with Crippen LogP contribution >= 0.6 is 27.3 Å². The van der Waals surface area contributed by atoms with E-state index in [9.17, 15) is 9.59 Å². The first kappa shape index (κ1) is 23.1. The summed E-state index contributed by atoms with van der Waals surface area (Å²) in [6.45, 7) is 4.96. The van der Waals surface area contributed by atoms with Crippen LogP contribution in [0.15, 0.2) is 41.8 Å². The first-order chi connectivity index (χ1) is 15.5. The molecule has 1 N–H and O–H groups in total. The predicted molar refractivity (Wildman–Crippen MR) is 136 cm³/mol. The molecular weight excluding hydrogens is 486 g/mol. The standard InChI is InChI=1S/C25H30BrN3O2S/c1-3-28(20-6-4-5-18(13-20)15-26)24(30)16-29-21-11-12-32-23(21)14-22(29)25(31)27-19-9-7-17(2)8-10-19/h4-6,11-14,17,19H,3,7-10,15-16H2,1-2H3,(H,27,31). The van der Waals surface area contributed by atoms with Gasteiger partial charge in [0.25, 0.3) is 5.91 Å². The predicted octanol–water partition coefficient (Wildman–Crippen LogP) is 5.96. The fourth-order valence-corrected chi connectivity index (χ4v) is 5.70. The van der Waals surface area contributed by atoms with Gasteiger partial charge in [-0.05, 0) is 73.7 Å². The summed E-state index contributed by atoms with van der Waals surface area (Å²) in [5.74, 6) is 0.631. The minimum absolute atomic E-state index is 0.0246. The van der Waals surface area contributed by atoms with Crippen molar-refractivity contribution in [2.45, 2.75) is 57.4 Å². The van der Waals surface area contributed by atoms with E-state index in [2.05, 4.69) is 28.2 Å².